The predicted molar refractivity (Wildman–Crippen MR) is 77.1 cm³/mol. The molecule has 5 heteroatoms. The molecule has 0 amide bonds. The van der Waals surface area contributed by atoms with Gasteiger partial charge in [0.05, 0.1) is 24.7 Å². The van der Waals surface area contributed by atoms with E-state index in [9.17, 15) is 9.90 Å². The standard InChI is InChI=1S/C15H14O4S/c1-18-10-7-8-14(12(9-10)19-2)20-13-6-4-3-5-11(13)15(16)17/h3-9H,1-2H3,(H,16,17). The Morgan fingerprint density at radius 2 is 1.80 bits per heavy atom. The van der Waals surface area contributed by atoms with Crippen molar-refractivity contribution in [2.24, 2.45) is 0 Å². The first-order valence-electron chi connectivity index (χ1n) is 5.88. The first kappa shape index (κ1) is 14.3. The van der Waals surface area contributed by atoms with E-state index in [1.54, 1.807) is 38.5 Å². The molecule has 0 spiro atoms. The highest BCUT2D eigenvalue weighted by Gasteiger charge is 2.13. The van der Waals surface area contributed by atoms with Crippen LogP contribution < -0.4 is 9.47 Å². The van der Waals surface area contributed by atoms with Crippen molar-refractivity contribution in [3.8, 4) is 11.5 Å². The molecule has 0 saturated heterocycles. The number of hydrogen-bond acceptors (Lipinski definition) is 4. The number of benzene rings is 2. The second-order valence-corrected chi connectivity index (χ2v) is 5.00. The number of rotatable bonds is 5. The normalized spacial score (nSPS) is 10.1. The fourth-order valence-corrected chi connectivity index (χ4v) is 2.74. The molecule has 0 bridgehead atoms. The summed E-state index contributed by atoms with van der Waals surface area (Å²) in [6.45, 7) is 0. The SMILES string of the molecule is COc1ccc(Sc2ccccc2C(=O)O)c(OC)c1. The van der Waals surface area contributed by atoms with Crippen molar-refractivity contribution in [1.82, 2.24) is 0 Å². The van der Waals surface area contributed by atoms with Crippen LogP contribution in [0.2, 0.25) is 0 Å². The Morgan fingerprint density at radius 3 is 2.45 bits per heavy atom. The Balaban J connectivity index is 2.37. The van der Waals surface area contributed by atoms with Gasteiger partial charge < -0.3 is 14.6 Å². The maximum Gasteiger partial charge on any atom is 0.336 e. The number of carboxylic acid groups (broad SMARTS) is 1. The maximum absolute atomic E-state index is 11.2. The van der Waals surface area contributed by atoms with Crippen LogP contribution >= 0.6 is 11.8 Å². The zero-order valence-corrected chi connectivity index (χ0v) is 11.9. The molecule has 20 heavy (non-hydrogen) atoms. The highest BCUT2D eigenvalue weighted by Crippen LogP contribution is 2.38. The van der Waals surface area contributed by atoms with E-state index in [2.05, 4.69) is 0 Å². The molecule has 0 aliphatic heterocycles. The molecule has 2 rings (SSSR count). The van der Waals surface area contributed by atoms with Gasteiger partial charge in [-0.2, -0.15) is 0 Å². The summed E-state index contributed by atoms with van der Waals surface area (Å²) in [6.07, 6.45) is 0. The summed E-state index contributed by atoms with van der Waals surface area (Å²) in [6, 6.07) is 12.3. The topological polar surface area (TPSA) is 55.8 Å². The molecule has 0 atom stereocenters. The summed E-state index contributed by atoms with van der Waals surface area (Å²) < 4.78 is 10.5. The highest BCUT2D eigenvalue weighted by molar-refractivity contribution is 7.99. The largest absolute Gasteiger partial charge is 0.497 e. The van der Waals surface area contributed by atoms with Gasteiger partial charge in [-0.15, -0.1) is 0 Å². The summed E-state index contributed by atoms with van der Waals surface area (Å²) in [4.78, 5) is 12.7. The highest BCUT2D eigenvalue weighted by atomic mass is 32.2. The fraction of sp³-hybridized carbons (Fsp3) is 0.133. The molecule has 0 unspecified atom stereocenters. The first-order valence-corrected chi connectivity index (χ1v) is 6.69. The van der Waals surface area contributed by atoms with E-state index in [-0.39, 0.29) is 5.56 Å². The summed E-state index contributed by atoms with van der Waals surface area (Å²) in [5.74, 6) is 0.396. The molecule has 0 aliphatic carbocycles. The number of methoxy groups -OCH3 is 2. The zero-order chi connectivity index (χ0) is 14.5. The lowest BCUT2D eigenvalue weighted by Crippen LogP contribution is -1.98. The summed E-state index contributed by atoms with van der Waals surface area (Å²) >= 11 is 1.35. The summed E-state index contributed by atoms with van der Waals surface area (Å²) in [5.41, 5.74) is 0.273. The Hall–Kier alpha value is -2.14. The molecule has 2 aromatic carbocycles. The molecule has 4 nitrogen and oxygen atoms in total. The molecule has 2 aromatic rings. The lowest BCUT2D eigenvalue weighted by atomic mass is 10.2. The van der Waals surface area contributed by atoms with Gasteiger partial charge in [-0.05, 0) is 24.3 Å². The average molecular weight is 290 g/mol. The second kappa shape index (κ2) is 6.34. The second-order valence-electron chi connectivity index (χ2n) is 3.92. The minimum Gasteiger partial charge on any atom is -0.497 e. The third-order valence-electron chi connectivity index (χ3n) is 2.71. The van der Waals surface area contributed by atoms with Crippen molar-refractivity contribution in [1.29, 1.82) is 0 Å². The molecule has 0 aliphatic rings. The van der Waals surface area contributed by atoms with Crippen LogP contribution in [0.1, 0.15) is 10.4 Å². The predicted octanol–water partition coefficient (Wildman–Crippen LogP) is 3.55. The van der Waals surface area contributed by atoms with Crippen LogP contribution in [-0.2, 0) is 0 Å². The number of hydrogen-bond donors (Lipinski definition) is 1. The van der Waals surface area contributed by atoms with Crippen molar-refractivity contribution in [2.75, 3.05) is 14.2 Å². The van der Waals surface area contributed by atoms with Crippen molar-refractivity contribution in [3.63, 3.8) is 0 Å². The maximum atomic E-state index is 11.2. The quantitative estimate of drug-likeness (QED) is 0.912. The number of aromatic carboxylic acids is 1. The smallest absolute Gasteiger partial charge is 0.336 e. The van der Waals surface area contributed by atoms with E-state index >= 15 is 0 Å². The minimum absolute atomic E-state index is 0.273. The lowest BCUT2D eigenvalue weighted by molar-refractivity contribution is 0.0693. The summed E-state index contributed by atoms with van der Waals surface area (Å²) in [7, 11) is 3.16. The third-order valence-corrected chi connectivity index (χ3v) is 3.84. The minimum atomic E-state index is -0.944. The van der Waals surface area contributed by atoms with Crippen LogP contribution in [0.25, 0.3) is 0 Å². The Bertz CT molecular complexity index is 625. The van der Waals surface area contributed by atoms with Gasteiger partial charge in [-0.3, -0.25) is 0 Å². The molecule has 1 N–H and O–H groups in total. The zero-order valence-electron chi connectivity index (χ0n) is 11.1. The lowest BCUT2D eigenvalue weighted by Gasteiger charge is -2.11. The third kappa shape index (κ3) is 3.05. The van der Waals surface area contributed by atoms with Crippen LogP contribution in [0.3, 0.4) is 0 Å². The molecular formula is C15H14O4S. The average Bonchev–Trinajstić information content (AvgIpc) is 2.48. The first-order chi connectivity index (χ1) is 9.65. The monoisotopic (exact) mass is 290 g/mol. The van der Waals surface area contributed by atoms with Crippen LogP contribution in [0.5, 0.6) is 11.5 Å². The number of ether oxygens (including phenoxy) is 2. The molecular weight excluding hydrogens is 276 g/mol. The Morgan fingerprint density at radius 1 is 1.05 bits per heavy atom. The number of carbonyl (C=O) groups is 1. The molecule has 0 heterocycles. The summed E-state index contributed by atoms with van der Waals surface area (Å²) in [5, 5.41) is 9.19. The van der Waals surface area contributed by atoms with Crippen molar-refractivity contribution >= 4 is 17.7 Å². The van der Waals surface area contributed by atoms with Crippen molar-refractivity contribution in [3.05, 3.63) is 48.0 Å². The Labute approximate surface area is 121 Å². The van der Waals surface area contributed by atoms with Crippen LogP contribution in [0.15, 0.2) is 52.3 Å². The molecule has 0 radical (unpaired) electrons. The van der Waals surface area contributed by atoms with Gasteiger partial charge in [0.25, 0.3) is 0 Å². The van der Waals surface area contributed by atoms with Crippen molar-refractivity contribution < 1.29 is 19.4 Å². The van der Waals surface area contributed by atoms with Crippen LogP contribution in [-0.4, -0.2) is 25.3 Å². The molecule has 104 valence electrons. The molecule has 0 saturated carbocycles. The van der Waals surface area contributed by atoms with Gasteiger partial charge >= 0.3 is 5.97 Å². The van der Waals surface area contributed by atoms with E-state index in [1.165, 1.54) is 11.8 Å². The molecule has 0 fully saturated rings. The Kier molecular flexibility index (Phi) is 4.53. The van der Waals surface area contributed by atoms with Gasteiger partial charge in [0.1, 0.15) is 11.5 Å². The van der Waals surface area contributed by atoms with Gasteiger partial charge in [0.2, 0.25) is 0 Å². The molecule has 0 aromatic heterocycles. The van der Waals surface area contributed by atoms with E-state index in [4.69, 9.17) is 9.47 Å². The van der Waals surface area contributed by atoms with Crippen LogP contribution in [0.4, 0.5) is 0 Å². The van der Waals surface area contributed by atoms with Crippen molar-refractivity contribution in [2.45, 2.75) is 9.79 Å². The van der Waals surface area contributed by atoms with E-state index in [0.717, 1.165) is 4.90 Å². The van der Waals surface area contributed by atoms with E-state index < -0.39 is 5.97 Å². The van der Waals surface area contributed by atoms with E-state index in [0.29, 0.717) is 16.4 Å². The van der Waals surface area contributed by atoms with Gasteiger partial charge in [0, 0.05) is 11.0 Å². The number of carboxylic acids is 1. The fourth-order valence-electron chi connectivity index (χ4n) is 1.71. The van der Waals surface area contributed by atoms with Gasteiger partial charge in [-0.1, -0.05) is 23.9 Å². The van der Waals surface area contributed by atoms with Crippen LogP contribution in [0, 0.1) is 0 Å². The van der Waals surface area contributed by atoms with E-state index in [1.807, 2.05) is 18.2 Å². The van der Waals surface area contributed by atoms with Gasteiger partial charge in [-0.25, -0.2) is 4.79 Å². The van der Waals surface area contributed by atoms with Gasteiger partial charge in [0.15, 0.2) is 0 Å².